The standard InChI is InChI=1S/C22H40N2O2/c1-21(2,3)19-12-24-10-8-16(18(24)15-26-19)11-22(4,5)20-13-23-9-6-7-17(23)14-25-20/h16-20H,6-15H2,1-5H3/t16?,17-,18-,19+,20+/m0/s1. The zero-order valence-corrected chi connectivity index (χ0v) is 17.7. The van der Waals surface area contributed by atoms with Crippen molar-refractivity contribution < 1.29 is 9.47 Å². The molecule has 0 spiro atoms. The normalized spacial score (nSPS) is 39.8. The van der Waals surface area contributed by atoms with Crippen LogP contribution in [0, 0.1) is 16.7 Å². The summed E-state index contributed by atoms with van der Waals surface area (Å²) in [5.74, 6) is 0.755. The number of rotatable bonds is 3. The van der Waals surface area contributed by atoms with Gasteiger partial charge in [-0.25, -0.2) is 0 Å². The summed E-state index contributed by atoms with van der Waals surface area (Å²) in [6.45, 7) is 18.5. The second kappa shape index (κ2) is 7.02. The summed E-state index contributed by atoms with van der Waals surface area (Å²) in [5, 5.41) is 0. The Kier molecular flexibility index (Phi) is 5.18. The maximum Gasteiger partial charge on any atom is 0.0753 e. The molecule has 4 saturated heterocycles. The molecular formula is C22H40N2O2. The van der Waals surface area contributed by atoms with Crippen LogP contribution < -0.4 is 0 Å². The Morgan fingerprint density at radius 1 is 0.846 bits per heavy atom. The van der Waals surface area contributed by atoms with E-state index in [-0.39, 0.29) is 10.8 Å². The highest BCUT2D eigenvalue weighted by molar-refractivity contribution is 4.98. The van der Waals surface area contributed by atoms with Crippen molar-refractivity contribution in [3.8, 4) is 0 Å². The fourth-order valence-corrected chi connectivity index (χ4v) is 5.80. The van der Waals surface area contributed by atoms with Gasteiger partial charge in [0.2, 0.25) is 0 Å². The first-order chi connectivity index (χ1) is 12.2. The molecule has 1 unspecified atom stereocenters. The number of morpholine rings is 2. The first-order valence-electron chi connectivity index (χ1n) is 11.0. The van der Waals surface area contributed by atoms with Crippen LogP contribution in [0.2, 0.25) is 0 Å². The molecule has 26 heavy (non-hydrogen) atoms. The van der Waals surface area contributed by atoms with Gasteiger partial charge in [0.1, 0.15) is 0 Å². The van der Waals surface area contributed by atoms with Gasteiger partial charge in [-0.3, -0.25) is 9.80 Å². The van der Waals surface area contributed by atoms with Crippen molar-refractivity contribution in [2.24, 2.45) is 16.7 Å². The Morgan fingerprint density at radius 3 is 2.35 bits per heavy atom. The summed E-state index contributed by atoms with van der Waals surface area (Å²) in [4.78, 5) is 5.41. The number of hydrogen-bond acceptors (Lipinski definition) is 4. The van der Waals surface area contributed by atoms with Crippen molar-refractivity contribution in [3.05, 3.63) is 0 Å². The molecule has 4 aliphatic heterocycles. The van der Waals surface area contributed by atoms with Crippen LogP contribution in [0.5, 0.6) is 0 Å². The molecule has 150 valence electrons. The van der Waals surface area contributed by atoms with E-state index in [0.29, 0.717) is 24.3 Å². The zero-order valence-electron chi connectivity index (χ0n) is 17.7. The minimum atomic E-state index is 0.241. The Hall–Kier alpha value is -0.160. The predicted molar refractivity (Wildman–Crippen MR) is 105 cm³/mol. The molecule has 0 aliphatic carbocycles. The van der Waals surface area contributed by atoms with E-state index >= 15 is 0 Å². The quantitative estimate of drug-likeness (QED) is 0.766. The van der Waals surface area contributed by atoms with Gasteiger partial charge in [-0.2, -0.15) is 0 Å². The molecule has 4 nitrogen and oxygen atoms in total. The average molecular weight is 365 g/mol. The van der Waals surface area contributed by atoms with E-state index in [1.165, 1.54) is 38.8 Å². The smallest absolute Gasteiger partial charge is 0.0753 e. The summed E-state index contributed by atoms with van der Waals surface area (Å²) >= 11 is 0. The first-order valence-corrected chi connectivity index (χ1v) is 11.0. The lowest BCUT2D eigenvalue weighted by Gasteiger charge is -2.46. The van der Waals surface area contributed by atoms with Gasteiger partial charge >= 0.3 is 0 Å². The Labute approximate surface area is 160 Å². The molecule has 0 saturated carbocycles. The van der Waals surface area contributed by atoms with Gasteiger partial charge in [0, 0.05) is 25.2 Å². The topological polar surface area (TPSA) is 24.9 Å². The molecule has 5 atom stereocenters. The molecule has 4 heterocycles. The lowest BCUT2D eigenvalue weighted by Crippen LogP contribution is -2.54. The summed E-state index contributed by atoms with van der Waals surface area (Å²) in [6, 6.07) is 1.32. The average Bonchev–Trinajstić information content (AvgIpc) is 3.19. The molecule has 4 rings (SSSR count). The molecule has 4 fully saturated rings. The maximum absolute atomic E-state index is 6.38. The molecule has 0 aromatic carbocycles. The van der Waals surface area contributed by atoms with Gasteiger partial charge in [-0.15, -0.1) is 0 Å². The van der Waals surface area contributed by atoms with Crippen molar-refractivity contribution in [2.45, 2.75) is 84.6 Å². The summed E-state index contributed by atoms with van der Waals surface area (Å²) in [7, 11) is 0. The van der Waals surface area contributed by atoms with Crippen molar-refractivity contribution >= 4 is 0 Å². The van der Waals surface area contributed by atoms with Gasteiger partial charge in [0.05, 0.1) is 25.4 Å². The third-order valence-electron chi connectivity index (χ3n) is 7.68. The third kappa shape index (κ3) is 3.72. The molecule has 0 N–H and O–H groups in total. The fourth-order valence-electron chi connectivity index (χ4n) is 5.80. The van der Waals surface area contributed by atoms with Gasteiger partial charge < -0.3 is 9.47 Å². The SMILES string of the molecule is CC(C)(C)[C@H]1CN2CCC(CC(C)(C)[C@H]3CN4CCC[C@H]4CO3)[C@@H]2CO1. The minimum Gasteiger partial charge on any atom is -0.375 e. The summed E-state index contributed by atoms with van der Waals surface area (Å²) in [6.07, 6.45) is 6.04. The monoisotopic (exact) mass is 364 g/mol. The van der Waals surface area contributed by atoms with Crippen LogP contribution in [0.3, 0.4) is 0 Å². The van der Waals surface area contributed by atoms with Crippen LogP contribution >= 0.6 is 0 Å². The molecule has 0 radical (unpaired) electrons. The van der Waals surface area contributed by atoms with Crippen LogP contribution in [0.1, 0.15) is 60.3 Å². The summed E-state index contributed by atoms with van der Waals surface area (Å²) in [5.41, 5.74) is 0.486. The van der Waals surface area contributed by atoms with E-state index in [0.717, 1.165) is 32.2 Å². The molecule has 4 aliphatic rings. The molecule has 0 aromatic rings. The van der Waals surface area contributed by atoms with E-state index in [1.807, 2.05) is 0 Å². The van der Waals surface area contributed by atoms with E-state index in [4.69, 9.17) is 9.47 Å². The van der Waals surface area contributed by atoms with Crippen molar-refractivity contribution in [1.29, 1.82) is 0 Å². The lowest BCUT2D eigenvalue weighted by atomic mass is 9.75. The molecule has 0 aromatic heterocycles. The van der Waals surface area contributed by atoms with Gasteiger partial charge in [-0.1, -0.05) is 34.6 Å². The highest BCUT2D eigenvalue weighted by Gasteiger charge is 2.46. The zero-order chi connectivity index (χ0) is 18.5. The van der Waals surface area contributed by atoms with Crippen molar-refractivity contribution in [2.75, 3.05) is 39.4 Å². The van der Waals surface area contributed by atoms with E-state index in [9.17, 15) is 0 Å². The van der Waals surface area contributed by atoms with Crippen LogP contribution in [0.15, 0.2) is 0 Å². The number of fused-ring (bicyclic) bond motifs is 2. The Balaban J connectivity index is 1.35. The molecule has 4 heteroatoms. The number of ether oxygens (including phenoxy) is 2. The second-order valence-corrected chi connectivity index (χ2v) is 11.1. The highest BCUT2D eigenvalue weighted by atomic mass is 16.5. The fraction of sp³-hybridized carbons (Fsp3) is 1.00. The summed E-state index contributed by atoms with van der Waals surface area (Å²) < 4.78 is 12.7. The van der Waals surface area contributed by atoms with Gasteiger partial charge in [0.15, 0.2) is 0 Å². The van der Waals surface area contributed by atoms with Crippen LogP contribution in [0.25, 0.3) is 0 Å². The van der Waals surface area contributed by atoms with E-state index in [2.05, 4.69) is 44.4 Å². The molecular weight excluding hydrogens is 324 g/mol. The Morgan fingerprint density at radius 2 is 1.58 bits per heavy atom. The number of nitrogens with zero attached hydrogens (tertiary/aromatic N) is 2. The van der Waals surface area contributed by atoms with Crippen LogP contribution in [-0.4, -0.2) is 73.5 Å². The second-order valence-electron chi connectivity index (χ2n) is 11.1. The predicted octanol–water partition coefficient (Wildman–Crippen LogP) is 3.40. The number of hydrogen-bond donors (Lipinski definition) is 0. The minimum absolute atomic E-state index is 0.241. The van der Waals surface area contributed by atoms with E-state index in [1.54, 1.807) is 0 Å². The molecule has 0 amide bonds. The van der Waals surface area contributed by atoms with Gasteiger partial charge in [-0.05, 0) is 55.5 Å². The maximum atomic E-state index is 6.38. The van der Waals surface area contributed by atoms with Crippen molar-refractivity contribution in [3.63, 3.8) is 0 Å². The molecule has 0 bridgehead atoms. The lowest BCUT2D eigenvalue weighted by molar-refractivity contribution is -0.119. The Bertz CT molecular complexity index is 501. The van der Waals surface area contributed by atoms with Crippen LogP contribution in [0.4, 0.5) is 0 Å². The largest absolute Gasteiger partial charge is 0.375 e. The van der Waals surface area contributed by atoms with Gasteiger partial charge in [0.25, 0.3) is 0 Å². The third-order valence-corrected chi connectivity index (χ3v) is 7.68. The van der Waals surface area contributed by atoms with E-state index < -0.39 is 0 Å². The first kappa shape index (κ1) is 19.2. The van der Waals surface area contributed by atoms with Crippen LogP contribution in [-0.2, 0) is 9.47 Å². The highest BCUT2D eigenvalue weighted by Crippen LogP contribution is 2.42. The van der Waals surface area contributed by atoms with Crippen molar-refractivity contribution in [1.82, 2.24) is 9.80 Å².